The third kappa shape index (κ3) is 6.87. The van der Waals surface area contributed by atoms with Crippen molar-refractivity contribution in [3.8, 4) is 11.5 Å². The van der Waals surface area contributed by atoms with Gasteiger partial charge < -0.3 is 30.0 Å². The molecule has 31 heavy (non-hydrogen) atoms. The van der Waals surface area contributed by atoms with E-state index in [1.165, 1.54) is 0 Å². The highest BCUT2D eigenvalue weighted by Crippen LogP contribution is 2.38. The van der Waals surface area contributed by atoms with E-state index in [2.05, 4.69) is 0 Å². The lowest BCUT2D eigenvalue weighted by atomic mass is 10.00. The number of aliphatic hydroxyl groups excluding tert-OH is 1. The summed E-state index contributed by atoms with van der Waals surface area (Å²) >= 11 is 0. The predicted molar refractivity (Wildman–Crippen MR) is 120 cm³/mol. The predicted octanol–water partition coefficient (Wildman–Crippen LogP) is 4.20. The van der Waals surface area contributed by atoms with Crippen molar-refractivity contribution in [3.63, 3.8) is 0 Å². The summed E-state index contributed by atoms with van der Waals surface area (Å²) in [5.74, 6) is 1.07. The molecular formula is C24H34N2O5. The zero-order valence-corrected chi connectivity index (χ0v) is 18.8. The lowest BCUT2D eigenvalue weighted by Crippen LogP contribution is -2.40. The first-order valence-corrected chi connectivity index (χ1v) is 10.7. The Morgan fingerprint density at radius 2 is 1.65 bits per heavy atom. The van der Waals surface area contributed by atoms with Crippen LogP contribution in [0.25, 0.3) is 0 Å². The molecule has 0 aliphatic carbocycles. The normalized spacial score (nSPS) is 12.8. The molecule has 0 radical (unpaired) electrons. The van der Waals surface area contributed by atoms with Crippen LogP contribution in [0, 0.1) is 0 Å². The van der Waals surface area contributed by atoms with Gasteiger partial charge in [0.1, 0.15) is 11.5 Å². The molecule has 0 aromatic heterocycles. The molecule has 0 bridgehead atoms. The monoisotopic (exact) mass is 430 g/mol. The Balaban J connectivity index is 2.19. The fourth-order valence-electron chi connectivity index (χ4n) is 3.43. The molecule has 7 nitrogen and oxygen atoms in total. The Labute approximate surface area is 184 Å². The van der Waals surface area contributed by atoms with Crippen molar-refractivity contribution in [1.82, 2.24) is 4.90 Å². The summed E-state index contributed by atoms with van der Waals surface area (Å²) in [6, 6.07) is 12.6. The minimum atomic E-state index is -0.758. The van der Waals surface area contributed by atoms with Crippen LogP contribution >= 0.6 is 0 Å². The molecule has 2 aromatic carbocycles. The second-order valence-electron chi connectivity index (χ2n) is 7.22. The highest BCUT2D eigenvalue weighted by molar-refractivity contribution is 5.72. The van der Waals surface area contributed by atoms with E-state index >= 15 is 0 Å². The maximum atomic E-state index is 12.2. The van der Waals surface area contributed by atoms with E-state index in [0.29, 0.717) is 50.0 Å². The highest BCUT2D eigenvalue weighted by atomic mass is 16.5. The molecule has 2 rings (SSSR count). The molecule has 2 amide bonds. The number of benzene rings is 2. The smallest absolute Gasteiger partial charge is 0.315 e. The van der Waals surface area contributed by atoms with E-state index in [1.807, 2.05) is 63.2 Å². The fraction of sp³-hybridized carbons (Fsp3) is 0.458. The quantitative estimate of drug-likeness (QED) is 0.492. The van der Waals surface area contributed by atoms with Crippen LogP contribution < -0.4 is 15.2 Å². The van der Waals surface area contributed by atoms with E-state index in [1.54, 1.807) is 11.8 Å². The van der Waals surface area contributed by atoms with Crippen LogP contribution in [-0.2, 0) is 11.3 Å². The number of hydrogen-bond acceptors (Lipinski definition) is 5. The van der Waals surface area contributed by atoms with E-state index in [4.69, 9.17) is 19.9 Å². The second-order valence-corrected chi connectivity index (χ2v) is 7.22. The molecule has 0 aliphatic rings. The summed E-state index contributed by atoms with van der Waals surface area (Å²) in [6.07, 6.45) is -0.758. The number of carbonyl (C=O) groups excluding carboxylic acids is 1. The van der Waals surface area contributed by atoms with Gasteiger partial charge in [-0.3, -0.25) is 0 Å². The van der Waals surface area contributed by atoms with Gasteiger partial charge in [0.2, 0.25) is 0 Å². The number of ether oxygens (including phenoxy) is 3. The zero-order valence-electron chi connectivity index (χ0n) is 18.8. The Morgan fingerprint density at radius 3 is 2.13 bits per heavy atom. The van der Waals surface area contributed by atoms with Crippen LogP contribution in [0.3, 0.4) is 0 Å². The minimum Gasteiger partial charge on any atom is -0.493 e. The number of urea groups is 1. The molecule has 0 fully saturated rings. The van der Waals surface area contributed by atoms with Gasteiger partial charge in [0.25, 0.3) is 0 Å². The van der Waals surface area contributed by atoms with Gasteiger partial charge >= 0.3 is 6.03 Å². The standard InChI is InChI=1S/C24H34N2O5/c1-5-30-21-14-20(15-22(31-6-2)23(21)18(4)27)17(3)26(24(25)28)12-13-29-16-19-10-8-7-9-11-19/h7-11,14-15,17-18,27H,5-6,12-13,16H2,1-4H3,(H2,25,28). The maximum Gasteiger partial charge on any atom is 0.315 e. The van der Waals surface area contributed by atoms with Crippen molar-refractivity contribution >= 4 is 6.03 Å². The molecule has 170 valence electrons. The largest absolute Gasteiger partial charge is 0.493 e. The molecule has 0 aliphatic heterocycles. The van der Waals surface area contributed by atoms with Crippen molar-refractivity contribution in [2.24, 2.45) is 5.73 Å². The molecule has 0 saturated carbocycles. The van der Waals surface area contributed by atoms with Crippen molar-refractivity contribution in [2.45, 2.75) is 46.4 Å². The van der Waals surface area contributed by atoms with Gasteiger partial charge in [0.15, 0.2) is 0 Å². The first-order chi connectivity index (χ1) is 14.9. The SMILES string of the molecule is CCOc1cc(C(C)N(CCOCc2ccccc2)C(N)=O)cc(OCC)c1C(C)O. The molecule has 7 heteroatoms. The number of carbonyl (C=O) groups is 1. The van der Waals surface area contributed by atoms with Crippen molar-refractivity contribution < 1.29 is 24.1 Å². The van der Waals surface area contributed by atoms with Gasteiger partial charge in [-0.25, -0.2) is 4.79 Å². The Bertz CT molecular complexity index is 799. The van der Waals surface area contributed by atoms with Crippen LogP contribution in [0.15, 0.2) is 42.5 Å². The molecular weight excluding hydrogens is 396 g/mol. The summed E-state index contributed by atoms with van der Waals surface area (Å²) in [7, 11) is 0. The third-order valence-electron chi connectivity index (χ3n) is 4.96. The minimum absolute atomic E-state index is 0.334. The molecule has 2 aromatic rings. The van der Waals surface area contributed by atoms with Gasteiger partial charge in [-0.2, -0.15) is 0 Å². The molecule has 3 N–H and O–H groups in total. The van der Waals surface area contributed by atoms with Gasteiger partial charge in [-0.15, -0.1) is 0 Å². The molecule has 0 heterocycles. The van der Waals surface area contributed by atoms with E-state index < -0.39 is 12.1 Å². The third-order valence-corrected chi connectivity index (χ3v) is 4.96. The second kappa shape index (κ2) is 12.2. The Kier molecular flexibility index (Phi) is 9.62. The number of nitrogens with zero attached hydrogens (tertiary/aromatic N) is 1. The van der Waals surface area contributed by atoms with Crippen LogP contribution in [0.5, 0.6) is 11.5 Å². The number of hydrogen-bond donors (Lipinski definition) is 2. The average Bonchev–Trinajstić information content (AvgIpc) is 2.73. The number of rotatable bonds is 12. The van der Waals surface area contributed by atoms with Crippen molar-refractivity contribution in [1.29, 1.82) is 0 Å². The van der Waals surface area contributed by atoms with Gasteiger partial charge in [-0.1, -0.05) is 30.3 Å². The summed E-state index contributed by atoms with van der Waals surface area (Å²) in [5, 5.41) is 10.2. The molecule has 2 unspecified atom stereocenters. The van der Waals surface area contributed by atoms with Gasteiger partial charge in [-0.05, 0) is 51.0 Å². The summed E-state index contributed by atoms with van der Waals surface area (Å²) in [4.78, 5) is 13.7. The topological polar surface area (TPSA) is 94.2 Å². The number of primary amides is 1. The zero-order chi connectivity index (χ0) is 22.8. The molecule has 0 saturated heterocycles. The number of aliphatic hydroxyl groups is 1. The summed E-state index contributed by atoms with van der Waals surface area (Å²) in [6.45, 7) is 9.36. The fourth-order valence-corrected chi connectivity index (χ4v) is 3.43. The average molecular weight is 431 g/mol. The molecule has 0 spiro atoms. The van der Waals surface area contributed by atoms with Gasteiger partial charge in [0.05, 0.1) is 44.1 Å². The Hall–Kier alpha value is -2.77. The summed E-state index contributed by atoms with van der Waals surface area (Å²) in [5.41, 5.74) is 8.13. The molecule has 2 atom stereocenters. The van der Waals surface area contributed by atoms with Crippen LogP contribution in [-0.4, -0.2) is 42.4 Å². The van der Waals surface area contributed by atoms with Crippen molar-refractivity contribution in [2.75, 3.05) is 26.4 Å². The lowest BCUT2D eigenvalue weighted by molar-refractivity contribution is 0.0914. The van der Waals surface area contributed by atoms with E-state index in [9.17, 15) is 9.90 Å². The Morgan fingerprint density at radius 1 is 1.06 bits per heavy atom. The first kappa shape index (κ1) is 24.5. The van der Waals surface area contributed by atoms with Crippen LogP contribution in [0.4, 0.5) is 4.79 Å². The van der Waals surface area contributed by atoms with Crippen LogP contribution in [0.1, 0.15) is 56.5 Å². The van der Waals surface area contributed by atoms with Crippen LogP contribution in [0.2, 0.25) is 0 Å². The van der Waals surface area contributed by atoms with Gasteiger partial charge in [0, 0.05) is 6.54 Å². The lowest BCUT2D eigenvalue weighted by Gasteiger charge is -2.29. The summed E-state index contributed by atoms with van der Waals surface area (Å²) < 4.78 is 17.3. The first-order valence-electron chi connectivity index (χ1n) is 10.7. The maximum absolute atomic E-state index is 12.2. The number of nitrogens with two attached hydrogens (primary N) is 1. The van der Waals surface area contributed by atoms with E-state index in [-0.39, 0.29) is 6.04 Å². The van der Waals surface area contributed by atoms with Crippen molar-refractivity contribution in [3.05, 3.63) is 59.2 Å². The highest BCUT2D eigenvalue weighted by Gasteiger charge is 2.24. The number of amides is 2. The van der Waals surface area contributed by atoms with E-state index in [0.717, 1.165) is 11.1 Å².